The average Bonchev–Trinajstić information content (AvgIpc) is 3.32. The topological polar surface area (TPSA) is 63.5 Å². The van der Waals surface area contributed by atoms with Gasteiger partial charge in [-0.1, -0.05) is 36.4 Å². The van der Waals surface area contributed by atoms with Crippen molar-refractivity contribution in [2.24, 2.45) is 5.10 Å². The summed E-state index contributed by atoms with van der Waals surface area (Å²) in [6.45, 7) is 3.26. The van der Waals surface area contributed by atoms with Crippen LogP contribution in [0.2, 0.25) is 0 Å². The molecule has 0 unspecified atom stereocenters. The Hall–Kier alpha value is -2.55. The molecule has 0 fully saturated rings. The number of hydrogen-bond acceptors (Lipinski definition) is 5. The van der Waals surface area contributed by atoms with Crippen LogP contribution < -0.4 is 10.7 Å². The highest BCUT2D eigenvalue weighted by Gasteiger charge is 2.11. The monoisotopic (exact) mass is 413 g/mol. The number of nitrogens with zero attached hydrogens (tertiary/aromatic N) is 3. The second-order valence-electron chi connectivity index (χ2n) is 6.29. The molecule has 0 spiro atoms. The van der Waals surface area contributed by atoms with E-state index in [0.717, 1.165) is 16.1 Å². The van der Waals surface area contributed by atoms with Gasteiger partial charge in [-0.3, -0.25) is 10.1 Å². The number of methoxy groups -OCH3 is 1. The van der Waals surface area contributed by atoms with Crippen molar-refractivity contribution in [1.29, 1.82) is 0 Å². The second-order valence-corrected chi connectivity index (χ2v) is 7.65. The maximum Gasteiger partial charge on any atom is 0.187 e. The number of ether oxygens (including phenoxy) is 1. The van der Waals surface area contributed by atoms with Gasteiger partial charge in [-0.05, 0) is 36.2 Å². The Morgan fingerprint density at radius 2 is 2.14 bits per heavy atom. The largest absolute Gasteiger partial charge is 0.383 e. The predicted octanol–water partition coefficient (Wildman–Crippen LogP) is 3.49. The number of thiophene rings is 1. The van der Waals surface area contributed by atoms with Crippen LogP contribution in [0.3, 0.4) is 0 Å². The summed E-state index contributed by atoms with van der Waals surface area (Å²) in [7, 11) is 1.66. The molecule has 1 atom stereocenters. The first kappa shape index (κ1) is 20.2. The number of rotatable bonds is 8. The summed E-state index contributed by atoms with van der Waals surface area (Å²) >= 11 is 6.91. The fraction of sp³-hybridized carbons (Fsp3) is 0.250. The summed E-state index contributed by atoms with van der Waals surface area (Å²) in [5, 5.41) is 14.6. The number of thiocarbonyl (C=S) groups is 1. The minimum Gasteiger partial charge on any atom is -0.383 e. The lowest BCUT2D eigenvalue weighted by atomic mass is 10.2. The zero-order valence-corrected chi connectivity index (χ0v) is 17.5. The maximum absolute atomic E-state index is 5.25. The molecule has 3 rings (SSSR count). The Morgan fingerprint density at radius 1 is 1.32 bits per heavy atom. The predicted molar refractivity (Wildman–Crippen MR) is 119 cm³/mol. The van der Waals surface area contributed by atoms with Gasteiger partial charge in [0.05, 0.1) is 24.2 Å². The quantitative estimate of drug-likeness (QED) is 0.336. The SMILES string of the molecule is COC[C@@H](C)NC(=S)N/N=C\c1cn(Cc2ccccc2)nc1-c1cccs1. The third-order valence-corrected chi connectivity index (χ3v) is 4.98. The van der Waals surface area contributed by atoms with Crippen LogP contribution in [-0.4, -0.2) is 40.9 Å². The lowest BCUT2D eigenvalue weighted by molar-refractivity contribution is 0.179. The molecule has 2 N–H and O–H groups in total. The Kier molecular flexibility index (Phi) is 7.30. The third-order valence-electron chi connectivity index (χ3n) is 3.90. The number of aromatic nitrogens is 2. The molecule has 0 aliphatic carbocycles. The number of hydrogen-bond donors (Lipinski definition) is 2. The molecule has 6 nitrogen and oxygen atoms in total. The van der Waals surface area contributed by atoms with Crippen LogP contribution in [-0.2, 0) is 11.3 Å². The van der Waals surface area contributed by atoms with Crippen molar-refractivity contribution in [3.63, 3.8) is 0 Å². The van der Waals surface area contributed by atoms with Gasteiger partial charge in [0.1, 0.15) is 5.69 Å². The highest BCUT2D eigenvalue weighted by atomic mass is 32.1. The van der Waals surface area contributed by atoms with Crippen molar-refractivity contribution in [3.05, 3.63) is 65.2 Å². The third kappa shape index (κ3) is 5.72. The number of nitrogens with one attached hydrogen (secondary N) is 2. The zero-order chi connectivity index (χ0) is 19.8. The molecule has 28 heavy (non-hydrogen) atoms. The zero-order valence-electron chi connectivity index (χ0n) is 15.8. The molecule has 1 aromatic carbocycles. The molecule has 146 valence electrons. The van der Waals surface area contributed by atoms with Gasteiger partial charge in [-0.2, -0.15) is 10.2 Å². The van der Waals surface area contributed by atoms with Gasteiger partial charge >= 0.3 is 0 Å². The Bertz CT molecular complexity index is 906. The molecular weight excluding hydrogens is 390 g/mol. The molecule has 2 heterocycles. The van der Waals surface area contributed by atoms with Crippen molar-refractivity contribution in [3.8, 4) is 10.6 Å². The molecule has 0 aliphatic heterocycles. The first-order valence-electron chi connectivity index (χ1n) is 8.89. The van der Waals surface area contributed by atoms with Crippen LogP contribution in [0.5, 0.6) is 0 Å². The van der Waals surface area contributed by atoms with E-state index in [9.17, 15) is 0 Å². The molecule has 0 radical (unpaired) electrons. The van der Waals surface area contributed by atoms with Gasteiger partial charge in [0.2, 0.25) is 0 Å². The summed E-state index contributed by atoms with van der Waals surface area (Å²) in [6, 6.07) is 14.4. The number of hydrazone groups is 1. The van der Waals surface area contributed by atoms with Crippen LogP contribution in [0.4, 0.5) is 0 Å². The van der Waals surface area contributed by atoms with Gasteiger partial charge in [-0.25, -0.2) is 0 Å². The number of benzene rings is 1. The van der Waals surface area contributed by atoms with Crippen molar-refractivity contribution in [2.75, 3.05) is 13.7 Å². The summed E-state index contributed by atoms with van der Waals surface area (Å²) in [6.07, 6.45) is 3.75. The Morgan fingerprint density at radius 3 is 2.86 bits per heavy atom. The average molecular weight is 414 g/mol. The highest BCUT2D eigenvalue weighted by Crippen LogP contribution is 2.26. The van der Waals surface area contributed by atoms with Gasteiger partial charge in [0.25, 0.3) is 0 Å². The molecule has 3 aromatic rings. The van der Waals surface area contributed by atoms with Crippen LogP contribution >= 0.6 is 23.6 Å². The smallest absolute Gasteiger partial charge is 0.187 e. The minimum atomic E-state index is 0.107. The van der Waals surface area contributed by atoms with Gasteiger partial charge in [0, 0.05) is 24.9 Å². The maximum atomic E-state index is 5.25. The van der Waals surface area contributed by atoms with Crippen molar-refractivity contribution in [1.82, 2.24) is 20.5 Å². The van der Waals surface area contributed by atoms with E-state index >= 15 is 0 Å². The summed E-state index contributed by atoms with van der Waals surface area (Å²) in [5.41, 5.74) is 5.88. The molecular formula is C20H23N5OS2. The van der Waals surface area contributed by atoms with Crippen molar-refractivity contribution >= 4 is 34.9 Å². The summed E-state index contributed by atoms with van der Waals surface area (Å²) in [5.74, 6) is 0. The van der Waals surface area contributed by atoms with E-state index in [1.807, 2.05) is 47.4 Å². The van der Waals surface area contributed by atoms with Crippen LogP contribution in [0, 0.1) is 0 Å². The van der Waals surface area contributed by atoms with Crippen LogP contribution in [0.1, 0.15) is 18.1 Å². The highest BCUT2D eigenvalue weighted by molar-refractivity contribution is 7.80. The second kappa shape index (κ2) is 10.1. The van der Waals surface area contributed by atoms with E-state index in [0.29, 0.717) is 18.3 Å². The van der Waals surface area contributed by atoms with E-state index in [-0.39, 0.29) is 6.04 Å². The van der Waals surface area contributed by atoms with E-state index in [4.69, 9.17) is 22.1 Å². The first-order chi connectivity index (χ1) is 13.7. The fourth-order valence-corrected chi connectivity index (χ4v) is 3.68. The van der Waals surface area contributed by atoms with Gasteiger partial charge in [-0.15, -0.1) is 11.3 Å². The lowest BCUT2D eigenvalue weighted by Crippen LogP contribution is -2.40. The molecule has 2 aromatic heterocycles. The summed E-state index contributed by atoms with van der Waals surface area (Å²) < 4.78 is 7.02. The van der Waals surface area contributed by atoms with Crippen molar-refractivity contribution < 1.29 is 4.74 Å². The summed E-state index contributed by atoms with van der Waals surface area (Å²) in [4.78, 5) is 1.10. The fourth-order valence-electron chi connectivity index (χ4n) is 2.70. The van der Waals surface area contributed by atoms with Gasteiger partial charge < -0.3 is 10.1 Å². The molecule has 0 amide bonds. The molecule has 0 bridgehead atoms. The van der Waals surface area contributed by atoms with E-state index < -0.39 is 0 Å². The molecule has 0 aliphatic rings. The Balaban J connectivity index is 1.72. The Labute approximate surface area is 174 Å². The molecule has 0 saturated carbocycles. The van der Waals surface area contributed by atoms with E-state index in [1.165, 1.54) is 5.56 Å². The lowest BCUT2D eigenvalue weighted by Gasteiger charge is -2.13. The first-order valence-corrected chi connectivity index (χ1v) is 10.2. The molecule has 0 saturated heterocycles. The van der Waals surface area contributed by atoms with Crippen LogP contribution in [0.25, 0.3) is 10.6 Å². The van der Waals surface area contributed by atoms with E-state index in [1.54, 1.807) is 24.7 Å². The normalized spacial score (nSPS) is 12.2. The van der Waals surface area contributed by atoms with Crippen molar-refractivity contribution in [2.45, 2.75) is 19.5 Å². The van der Waals surface area contributed by atoms with Gasteiger partial charge in [0.15, 0.2) is 5.11 Å². The van der Waals surface area contributed by atoms with Crippen LogP contribution in [0.15, 0.2) is 59.1 Å². The van der Waals surface area contributed by atoms with E-state index in [2.05, 4.69) is 34.0 Å². The minimum absolute atomic E-state index is 0.107. The standard InChI is InChI=1S/C20H23N5OS2/c1-15(14-26-2)22-20(27)23-21-11-17-13-25(12-16-7-4-3-5-8-16)24-19(17)18-9-6-10-28-18/h3-11,13,15H,12,14H2,1-2H3,(H2,22,23,27)/b21-11-/t15-/m1/s1. The molecule has 8 heteroatoms.